The summed E-state index contributed by atoms with van der Waals surface area (Å²) in [6.45, 7) is 4.28. The largest absolute Gasteiger partial charge is 0.349 e. The van der Waals surface area contributed by atoms with Crippen molar-refractivity contribution >= 4 is 54.6 Å². The molecule has 1 N–H and O–H groups in total. The van der Waals surface area contributed by atoms with Gasteiger partial charge in [0.2, 0.25) is 10.0 Å². The number of nitrogens with zero attached hydrogens (tertiary/aromatic N) is 1. The SMILES string of the molecule is CCC[C@H](C)NC(=O)c1cc2cc(N(Cc3ccc(Cl)cc3)S(C)(=O)=O)ccc2s1. The number of thiophene rings is 1. The zero-order valence-electron chi connectivity index (χ0n) is 17.2. The van der Waals surface area contributed by atoms with Crippen molar-refractivity contribution in [3.63, 3.8) is 0 Å². The van der Waals surface area contributed by atoms with Gasteiger partial charge in [-0.05, 0) is 60.7 Å². The molecular weight excluding hydrogens is 440 g/mol. The Morgan fingerprint density at radius 2 is 1.87 bits per heavy atom. The lowest BCUT2D eigenvalue weighted by Crippen LogP contribution is -2.31. The number of hydrogen-bond donors (Lipinski definition) is 1. The lowest BCUT2D eigenvalue weighted by atomic mass is 10.2. The van der Waals surface area contributed by atoms with Crippen LogP contribution in [0.3, 0.4) is 0 Å². The number of halogens is 1. The van der Waals surface area contributed by atoms with E-state index >= 15 is 0 Å². The number of carbonyl (C=O) groups is 1. The maximum absolute atomic E-state index is 12.5. The van der Waals surface area contributed by atoms with E-state index in [0.717, 1.165) is 28.5 Å². The predicted molar refractivity (Wildman–Crippen MR) is 126 cm³/mol. The number of hydrogen-bond acceptors (Lipinski definition) is 4. The standard InChI is InChI=1S/C22H25ClN2O3S2/c1-4-5-15(2)24-22(26)21-13-17-12-19(10-11-20(17)29-21)25(30(3,27)28)14-16-6-8-18(23)9-7-16/h6-13,15H,4-5,14H2,1-3H3,(H,24,26)/t15-/m0/s1. The Bertz CT molecular complexity index is 1140. The zero-order valence-corrected chi connectivity index (χ0v) is 19.6. The van der Waals surface area contributed by atoms with Gasteiger partial charge in [0.15, 0.2) is 0 Å². The molecule has 160 valence electrons. The number of rotatable bonds is 8. The molecule has 0 bridgehead atoms. The summed E-state index contributed by atoms with van der Waals surface area (Å²) in [5.41, 5.74) is 1.39. The van der Waals surface area contributed by atoms with E-state index in [4.69, 9.17) is 11.6 Å². The highest BCUT2D eigenvalue weighted by Gasteiger charge is 2.19. The smallest absolute Gasteiger partial charge is 0.261 e. The third kappa shape index (κ3) is 5.53. The molecule has 0 unspecified atom stereocenters. The first-order chi connectivity index (χ1) is 14.2. The van der Waals surface area contributed by atoms with E-state index in [-0.39, 0.29) is 18.5 Å². The Morgan fingerprint density at radius 1 is 1.17 bits per heavy atom. The molecule has 0 saturated carbocycles. The third-order valence-corrected chi connectivity index (χ3v) is 7.26. The molecule has 0 aliphatic heterocycles. The first-order valence-corrected chi connectivity index (χ1v) is 12.8. The number of amides is 1. The van der Waals surface area contributed by atoms with Crippen LogP contribution in [0.4, 0.5) is 5.69 Å². The fourth-order valence-corrected chi connectivity index (χ4v) is 5.21. The van der Waals surface area contributed by atoms with Crippen molar-refractivity contribution in [2.45, 2.75) is 39.3 Å². The normalized spacial score (nSPS) is 12.7. The van der Waals surface area contributed by atoms with Crippen LogP contribution in [0.5, 0.6) is 0 Å². The summed E-state index contributed by atoms with van der Waals surface area (Å²) in [6, 6.07) is 14.5. The fraction of sp³-hybridized carbons (Fsp3) is 0.318. The monoisotopic (exact) mass is 464 g/mol. The predicted octanol–water partition coefficient (Wildman–Crippen LogP) is 5.44. The zero-order chi connectivity index (χ0) is 21.9. The summed E-state index contributed by atoms with van der Waals surface area (Å²) in [7, 11) is -3.50. The lowest BCUT2D eigenvalue weighted by molar-refractivity contribution is 0.0942. The molecule has 8 heteroatoms. The molecular formula is C22H25ClN2O3S2. The minimum Gasteiger partial charge on any atom is -0.349 e. The van der Waals surface area contributed by atoms with Crippen molar-refractivity contribution in [1.29, 1.82) is 0 Å². The maximum Gasteiger partial charge on any atom is 0.261 e. The number of anilines is 1. The fourth-order valence-electron chi connectivity index (χ4n) is 3.25. The number of nitrogens with one attached hydrogen (secondary N) is 1. The van der Waals surface area contributed by atoms with Crippen molar-refractivity contribution in [1.82, 2.24) is 5.32 Å². The van der Waals surface area contributed by atoms with E-state index in [9.17, 15) is 13.2 Å². The molecule has 0 aliphatic carbocycles. The minimum atomic E-state index is -3.50. The number of fused-ring (bicyclic) bond motifs is 1. The molecule has 5 nitrogen and oxygen atoms in total. The average molecular weight is 465 g/mol. The molecule has 0 saturated heterocycles. The molecule has 3 rings (SSSR count). The van der Waals surface area contributed by atoms with Gasteiger partial charge in [-0.1, -0.05) is 37.1 Å². The molecule has 2 aromatic carbocycles. The van der Waals surface area contributed by atoms with E-state index in [1.807, 2.05) is 37.3 Å². The molecule has 1 amide bonds. The van der Waals surface area contributed by atoms with E-state index in [1.165, 1.54) is 21.9 Å². The van der Waals surface area contributed by atoms with Gasteiger partial charge in [0.25, 0.3) is 5.91 Å². The van der Waals surface area contributed by atoms with Crippen LogP contribution in [-0.2, 0) is 16.6 Å². The van der Waals surface area contributed by atoms with Gasteiger partial charge in [-0.15, -0.1) is 11.3 Å². The Hall–Kier alpha value is -2.09. The Balaban J connectivity index is 1.89. The van der Waals surface area contributed by atoms with Crippen molar-refractivity contribution in [2.75, 3.05) is 10.6 Å². The van der Waals surface area contributed by atoms with Crippen LogP contribution in [-0.4, -0.2) is 26.6 Å². The first-order valence-electron chi connectivity index (χ1n) is 9.74. The van der Waals surface area contributed by atoms with Gasteiger partial charge >= 0.3 is 0 Å². The van der Waals surface area contributed by atoms with Crippen LogP contribution in [0.25, 0.3) is 10.1 Å². The van der Waals surface area contributed by atoms with Crippen LogP contribution in [0.1, 0.15) is 41.9 Å². The second-order valence-electron chi connectivity index (χ2n) is 7.39. The van der Waals surface area contributed by atoms with E-state index in [0.29, 0.717) is 15.6 Å². The molecule has 1 aromatic heterocycles. The molecule has 0 spiro atoms. The highest BCUT2D eigenvalue weighted by atomic mass is 35.5. The molecule has 1 atom stereocenters. The van der Waals surface area contributed by atoms with Crippen LogP contribution in [0, 0.1) is 0 Å². The van der Waals surface area contributed by atoms with Gasteiger partial charge in [0.05, 0.1) is 23.4 Å². The van der Waals surface area contributed by atoms with Gasteiger partial charge in [-0.2, -0.15) is 0 Å². The van der Waals surface area contributed by atoms with E-state index < -0.39 is 10.0 Å². The van der Waals surface area contributed by atoms with Crippen molar-refractivity contribution in [3.8, 4) is 0 Å². The molecule has 1 heterocycles. The van der Waals surface area contributed by atoms with Gasteiger partial charge in [0.1, 0.15) is 0 Å². The Labute approximate surface area is 186 Å². The molecule has 3 aromatic rings. The van der Waals surface area contributed by atoms with Crippen molar-refractivity contribution in [3.05, 3.63) is 64.0 Å². The van der Waals surface area contributed by atoms with Crippen LogP contribution < -0.4 is 9.62 Å². The first kappa shape index (κ1) is 22.6. The summed E-state index contributed by atoms with van der Waals surface area (Å²) in [6.07, 6.45) is 3.12. The molecule has 0 radical (unpaired) electrons. The van der Waals surface area contributed by atoms with Crippen molar-refractivity contribution in [2.24, 2.45) is 0 Å². The van der Waals surface area contributed by atoms with Crippen LogP contribution in [0.2, 0.25) is 5.02 Å². The molecule has 30 heavy (non-hydrogen) atoms. The highest BCUT2D eigenvalue weighted by Crippen LogP contribution is 2.31. The lowest BCUT2D eigenvalue weighted by Gasteiger charge is -2.22. The molecule has 0 aliphatic rings. The quantitative estimate of drug-likeness (QED) is 0.482. The van der Waals surface area contributed by atoms with Gasteiger partial charge in [0, 0.05) is 15.8 Å². The van der Waals surface area contributed by atoms with Gasteiger partial charge < -0.3 is 5.32 Å². The highest BCUT2D eigenvalue weighted by molar-refractivity contribution is 7.92. The summed E-state index contributed by atoms with van der Waals surface area (Å²) in [4.78, 5) is 13.1. The summed E-state index contributed by atoms with van der Waals surface area (Å²) in [5.74, 6) is -0.0974. The van der Waals surface area contributed by atoms with Crippen LogP contribution in [0.15, 0.2) is 48.5 Å². The summed E-state index contributed by atoms with van der Waals surface area (Å²) >= 11 is 7.34. The third-order valence-electron chi connectivity index (χ3n) is 4.75. The second-order valence-corrected chi connectivity index (χ2v) is 10.8. The van der Waals surface area contributed by atoms with Gasteiger partial charge in [-0.3, -0.25) is 9.10 Å². The Kier molecular flexibility index (Phi) is 7.06. The van der Waals surface area contributed by atoms with E-state index in [2.05, 4.69) is 12.2 Å². The minimum absolute atomic E-state index is 0.0974. The molecule has 0 fully saturated rings. The summed E-state index contributed by atoms with van der Waals surface area (Å²) in [5, 5.41) is 4.45. The topological polar surface area (TPSA) is 66.5 Å². The number of sulfonamides is 1. The second kappa shape index (κ2) is 9.37. The van der Waals surface area contributed by atoms with Gasteiger partial charge in [-0.25, -0.2) is 8.42 Å². The van der Waals surface area contributed by atoms with E-state index in [1.54, 1.807) is 18.2 Å². The van der Waals surface area contributed by atoms with Crippen molar-refractivity contribution < 1.29 is 13.2 Å². The number of carbonyl (C=O) groups excluding carboxylic acids is 1. The van der Waals surface area contributed by atoms with Crippen LogP contribution >= 0.6 is 22.9 Å². The number of benzene rings is 2. The summed E-state index contributed by atoms with van der Waals surface area (Å²) < 4.78 is 27.2. The average Bonchev–Trinajstić information content (AvgIpc) is 3.10. The maximum atomic E-state index is 12.5. The Morgan fingerprint density at radius 3 is 2.50 bits per heavy atom.